The van der Waals surface area contributed by atoms with Gasteiger partial charge in [-0.1, -0.05) is 0 Å². The van der Waals surface area contributed by atoms with Crippen LogP contribution in [0.4, 0.5) is 4.79 Å². The molecule has 0 atom stereocenters. The minimum atomic E-state index is -0.540. The van der Waals surface area contributed by atoms with Crippen molar-refractivity contribution in [3.8, 4) is 6.07 Å². The maximum absolute atomic E-state index is 10.8. The molecule has 6 heteroatoms. The summed E-state index contributed by atoms with van der Waals surface area (Å²) in [5.41, 5.74) is 4.16. The van der Waals surface area contributed by atoms with Crippen LogP contribution in [0.25, 0.3) is 0 Å². The molecule has 0 aromatic rings. The summed E-state index contributed by atoms with van der Waals surface area (Å²) in [5.74, 6) is -0.540. The third-order valence-electron chi connectivity index (χ3n) is 0.975. The molecular formula is C7H12N4O2. The number of urea groups is 1. The van der Waals surface area contributed by atoms with E-state index in [1.807, 2.05) is 0 Å². The fourth-order valence-electron chi connectivity index (χ4n) is 0.541. The van der Waals surface area contributed by atoms with Gasteiger partial charge in [-0.2, -0.15) is 5.26 Å². The maximum Gasteiger partial charge on any atom is 0.333 e. The van der Waals surface area contributed by atoms with E-state index in [9.17, 15) is 9.59 Å². The van der Waals surface area contributed by atoms with Crippen LogP contribution in [0.15, 0.2) is 0 Å². The topological polar surface area (TPSA) is 94.0 Å². The van der Waals surface area contributed by atoms with Gasteiger partial charge in [-0.25, -0.2) is 10.2 Å². The van der Waals surface area contributed by atoms with Crippen molar-refractivity contribution < 1.29 is 9.59 Å². The van der Waals surface area contributed by atoms with Gasteiger partial charge in [0, 0.05) is 6.04 Å². The highest BCUT2D eigenvalue weighted by atomic mass is 16.2. The molecule has 0 spiro atoms. The van der Waals surface area contributed by atoms with E-state index in [2.05, 4.69) is 16.2 Å². The van der Waals surface area contributed by atoms with Crippen LogP contribution in [0.3, 0.4) is 0 Å². The molecule has 6 nitrogen and oxygen atoms in total. The molecule has 0 saturated heterocycles. The molecule has 0 rings (SSSR count). The third kappa shape index (κ3) is 6.62. The first kappa shape index (κ1) is 11.2. The average molecular weight is 184 g/mol. The van der Waals surface area contributed by atoms with E-state index in [0.717, 1.165) is 0 Å². The lowest BCUT2D eigenvalue weighted by Gasteiger charge is -2.09. The SMILES string of the molecule is CC(C)NC(=O)NNC(=O)CC#N. The molecule has 0 aliphatic heterocycles. The summed E-state index contributed by atoms with van der Waals surface area (Å²) < 4.78 is 0. The quantitative estimate of drug-likeness (QED) is 0.511. The van der Waals surface area contributed by atoms with Crippen molar-refractivity contribution in [3.63, 3.8) is 0 Å². The molecule has 0 aliphatic rings. The second-order valence-electron chi connectivity index (χ2n) is 2.64. The molecule has 72 valence electrons. The van der Waals surface area contributed by atoms with Gasteiger partial charge in [0.15, 0.2) is 0 Å². The van der Waals surface area contributed by atoms with Gasteiger partial charge in [-0.05, 0) is 13.8 Å². The van der Waals surface area contributed by atoms with Gasteiger partial charge >= 0.3 is 6.03 Å². The standard InChI is InChI=1S/C7H12N4O2/c1-5(2)9-7(13)11-10-6(12)3-4-8/h5H,3H2,1-2H3,(H,10,12)(H2,9,11,13). The summed E-state index contributed by atoms with van der Waals surface area (Å²) in [6, 6.07) is 1.14. The lowest BCUT2D eigenvalue weighted by Crippen LogP contribution is -2.48. The minimum Gasteiger partial charge on any atom is -0.335 e. The van der Waals surface area contributed by atoms with E-state index >= 15 is 0 Å². The lowest BCUT2D eigenvalue weighted by molar-refractivity contribution is -0.120. The smallest absolute Gasteiger partial charge is 0.333 e. The predicted octanol–water partition coefficient (Wildman–Crippen LogP) is -0.361. The molecule has 13 heavy (non-hydrogen) atoms. The number of amides is 3. The average Bonchev–Trinajstić information content (AvgIpc) is 2.00. The Balaban J connectivity index is 3.59. The zero-order valence-corrected chi connectivity index (χ0v) is 7.55. The van der Waals surface area contributed by atoms with Crippen LogP contribution in [0.1, 0.15) is 20.3 Å². The second-order valence-corrected chi connectivity index (χ2v) is 2.64. The normalized spacial score (nSPS) is 8.77. The molecule has 0 heterocycles. The van der Waals surface area contributed by atoms with E-state index in [1.165, 1.54) is 0 Å². The van der Waals surface area contributed by atoms with Gasteiger partial charge in [0.1, 0.15) is 6.42 Å². The molecule has 0 radical (unpaired) electrons. The number of hydrogen-bond acceptors (Lipinski definition) is 3. The molecule has 0 aromatic carbocycles. The first-order chi connectivity index (χ1) is 6.06. The number of nitriles is 1. The number of carbonyl (C=O) groups is 2. The monoisotopic (exact) mass is 184 g/mol. The molecule has 0 aromatic heterocycles. The summed E-state index contributed by atoms with van der Waals surface area (Å²) in [6.45, 7) is 3.58. The number of carbonyl (C=O) groups excluding carboxylic acids is 2. The Morgan fingerprint density at radius 1 is 1.38 bits per heavy atom. The van der Waals surface area contributed by atoms with Gasteiger partial charge in [0.25, 0.3) is 5.91 Å². The number of nitrogens with one attached hydrogen (secondary N) is 3. The van der Waals surface area contributed by atoms with Crippen molar-refractivity contribution >= 4 is 11.9 Å². The van der Waals surface area contributed by atoms with Gasteiger partial charge < -0.3 is 5.32 Å². The molecule has 0 fully saturated rings. The van der Waals surface area contributed by atoms with Crippen LogP contribution < -0.4 is 16.2 Å². The third-order valence-corrected chi connectivity index (χ3v) is 0.975. The summed E-state index contributed by atoms with van der Waals surface area (Å²) in [5, 5.41) is 10.6. The Bertz CT molecular complexity index is 231. The molecule has 0 aliphatic carbocycles. The Morgan fingerprint density at radius 2 is 2.00 bits per heavy atom. The van der Waals surface area contributed by atoms with Crippen molar-refractivity contribution in [2.24, 2.45) is 0 Å². The van der Waals surface area contributed by atoms with Gasteiger partial charge in [-0.3, -0.25) is 10.2 Å². The highest BCUT2D eigenvalue weighted by Crippen LogP contribution is 1.75. The highest BCUT2D eigenvalue weighted by molar-refractivity contribution is 5.82. The van der Waals surface area contributed by atoms with Crippen molar-refractivity contribution in [1.29, 1.82) is 5.26 Å². The molecule has 0 saturated carbocycles. The summed E-state index contributed by atoms with van der Waals surface area (Å²) >= 11 is 0. The zero-order valence-electron chi connectivity index (χ0n) is 7.55. The van der Waals surface area contributed by atoms with Crippen LogP contribution in [0, 0.1) is 11.3 Å². The van der Waals surface area contributed by atoms with Crippen molar-refractivity contribution in [1.82, 2.24) is 16.2 Å². The van der Waals surface area contributed by atoms with Crippen LogP contribution in [0.5, 0.6) is 0 Å². The van der Waals surface area contributed by atoms with Gasteiger partial charge in [0.2, 0.25) is 0 Å². The molecule has 0 bridgehead atoms. The van der Waals surface area contributed by atoms with Crippen LogP contribution in [-0.2, 0) is 4.79 Å². The number of rotatable bonds is 2. The van der Waals surface area contributed by atoms with Crippen LogP contribution in [0.2, 0.25) is 0 Å². The zero-order chi connectivity index (χ0) is 10.3. The van der Waals surface area contributed by atoms with E-state index in [1.54, 1.807) is 19.9 Å². The lowest BCUT2D eigenvalue weighted by atomic mass is 10.4. The largest absolute Gasteiger partial charge is 0.335 e. The Hall–Kier alpha value is -1.77. The number of nitrogens with zero attached hydrogens (tertiary/aromatic N) is 1. The summed E-state index contributed by atoms with van der Waals surface area (Å²) in [7, 11) is 0. The molecule has 3 N–H and O–H groups in total. The van der Waals surface area contributed by atoms with E-state index < -0.39 is 11.9 Å². The Kier molecular flexibility index (Phi) is 5.03. The van der Waals surface area contributed by atoms with Crippen molar-refractivity contribution in [2.75, 3.05) is 0 Å². The fourth-order valence-corrected chi connectivity index (χ4v) is 0.541. The Morgan fingerprint density at radius 3 is 2.46 bits per heavy atom. The minimum absolute atomic E-state index is 0.00660. The summed E-state index contributed by atoms with van der Waals surface area (Å²) in [4.78, 5) is 21.5. The number of hydrogen-bond donors (Lipinski definition) is 3. The van der Waals surface area contributed by atoms with Crippen molar-refractivity contribution in [2.45, 2.75) is 26.3 Å². The second kappa shape index (κ2) is 5.83. The van der Waals surface area contributed by atoms with Crippen molar-refractivity contribution in [3.05, 3.63) is 0 Å². The molecular weight excluding hydrogens is 172 g/mol. The first-order valence-electron chi connectivity index (χ1n) is 3.78. The predicted molar refractivity (Wildman–Crippen MR) is 45.2 cm³/mol. The Labute approximate surface area is 76.3 Å². The van der Waals surface area contributed by atoms with E-state index in [-0.39, 0.29) is 12.5 Å². The van der Waals surface area contributed by atoms with Crippen LogP contribution in [-0.4, -0.2) is 18.0 Å². The molecule has 0 unspecified atom stereocenters. The number of hydrazine groups is 1. The highest BCUT2D eigenvalue weighted by Gasteiger charge is 2.03. The fraction of sp³-hybridized carbons (Fsp3) is 0.571. The maximum atomic E-state index is 10.8. The van der Waals surface area contributed by atoms with E-state index in [0.29, 0.717) is 0 Å². The van der Waals surface area contributed by atoms with Gasteiger partial charge in [0.05, 0.1) is 6.07 Å². The van der Waals surface area contributed by atoms with E-state index in [4.69, 9.17) is 5.26 Å². The first-order valence-corrected chi connectivity index (χ1v) is 3.78. The van der Waals surface area contributed by atoms with Crippen LogP contribution >= 0.6 is 0 Å². The molecule has 3 amide bonds. The van der Waals surface area contributed by atoms with Gasteiger partial charge in [-0.15, -0.1) is 0 Å². The summed E-state index contributed by atoms with van der Waals surface area (Å²) in [6.07, 6.45) is -0.276.